The summed E-state index contributed by atoms with van der Waals surface area (Å²) in [5.41, 5.74) is 5.50. The van der Waals surface area contributed by atoms with E-state index in [1.165, 1.54) is 0 Å². The normalized spacial score (nSPS) is 22.7. The zero-order chi connectivity index (χ0) is 13.9. The van der Waals surface area contributed by atoms with Gasteiger partial charge < -0.3 is 16.0 Å². The van der Waals surface area contributed by atoms with Crippen LogP contribution in [0, 0.1) is 11.3 Å². The van der Waals surface area contributed by atoms with Crippen molar-refractivity contribution in [2.24, 2.45) is 17.1 Å². The van der Waals surface area contributed by atoms with Crippen LogP contribution < -0.4 is 11.1 Å². The van der Waals surface area contributed by atoms with Crippen LogP contribution >= 0.6 is 0 Å². The third-order valence-electron chi connectivity index (χ3n) is 4.66. The third kappa shape index (κ3) is 2.76. The molecule has 0 radical (unpaired) electrons. The average molecular weight is 267 g/mol. The van der Waals surface area contributed by atoms with Gasteiger partial charge in [0.2, 0.25) is 11.8 Å². The molecular weight excluding hydrogens is 242 g/mol. The number of hydrogen-bond donors (Lipinski definition) is 2. The highest BCUT2D eigenvalue weighted by atomic mass is 16.2. The maximum absolute atomic E-state index is 12.5. The third-order valence-corrected chi connectivity index (χ3v) is 4.66. The van der Waals surface area contributed by atoms with E-state index in [9.17, 15) is 9.59 Å². The van der Waals surface area contributed by atoms with E-state index in [1.807, 2.05) is 11.8 Å². The molecule has 3 N–H and O–H groups in total. The molecule has 1 aliphatic heterocycles. The molecule has 1 heterocycles. The second-order valence-corrected chi connectivity index (χ2v) is 5.80. The van der Waals surface area contributed by atoms with Crippen LogP contribution in [0.2, 0.25) is 0 Å². The van der Waals surface area contributed by atoms with Gasteiger partial charge in [0.15, 0.2) is 0 Å². The van der Waals surface area contributed by atoms with Crippen LogP contribution in [-0.2, 0) is 9.59 Å². The average Bonchev–Trinajstić information content (AvgIpc) is 2.38. The summed E-state index contributed by atoms with van der Waals surface area (Å²) in [6.07, 6.45) is 4.52. The van der Waals surface area contributed by atoms with Crippen LogP contribution in [-0.4, -0.2) is 42.9 Å². The van der Waals surface area contributed by atoms with Gasteiger partial charge in [-0.2, -0.15) is 0 Å². The van der Waals surface area contributed by atoms with Crippen molar-refractivity contribution in [3.05, 3.63) is 0 Å². The summed E-state index contributed by atoms with van der Waals surface area (Å²) in [7, 11) is 0. The van der Waals surface area contributed by atoms with Gasteiger partial charge in [-0.1, -0.05) is 6.42 Å². The number of likely N-dealkylation sites (tertiary alicyclic amines) is 1. The van der Waals surface area contributed by atoms with Crippen LogP contribution in [0.3, 0.4) is 0 Å². The van der Waals surface area contributed by atoms with Crippen LogP contribution in [0.5, 0.6) is 0 Å². The molecule has 0 aromatic carbocycles. The molecule has 5 nitrogen and oxygen atoms in total. The van der Waals surface area contributed by atoms with Crippen molar-refractivity contribution < 1.29 is 9.59 Å². The van der Waals surface area contributed by atoms with E-state index >= 15 is 0 Å². The van der Waals surface area contributed by atoms with Gasteiger partial charge in [-0.25, -0.2) is 0 Å². The fraction of sp³-hybridized carbons (Fsp3) is 0.857. The lowest BCUT2D eigenvalue weighted by Crippen LogP contribution is -2.54. The molecule has 1 saturated heterocycles. The molecule has 19 heavy (non-hydrogen) atoms. The van der Waals surface area contributed by atoms with E-state index < -0.39 is 0 Å². The summed E-state index contributed by atoms with van der Waals surface area (Å²) in [6, 6.07) is 0. The number of rotatable bonds is 4. The fourth-order valence-corrected chi connectivity index (χ4v) is 3.11. The first-order valence-corrected chi connectivity index (χ1v) is 7.40. The van der Waals surface area contributed by atoms with E-state index in [2.05, 4.69) is 5.32 Å². The van der Waals surface area contributed by atoms with Crippen molar-refractivity contribution >= 4 is 11.8 Å². The van der Waals surface area contributed by atoms with E-state index in [4.69, 9.17) is 5.73 Å². The van der Waals surface area contributed by atoms with Crippen molar-refractivity contribution in [2.45, 2.75) is 39.0 Å². The number of carbonyl (C=O) groups is 2. The summed E-state index contributed by atoms with van der Waals surface area (Å²) in [6.45, 7) is 4.46. The molecule has 5 heteroatoms. The highest BCUT2D eigenvalue weighted by molar-refractivity contribution is 5.84. The summed E-state index contributed by atoms with van der Waals surface area (Å²) < 4.78 is 0. The summed E-state index contributed by atoms with van der Waals surface area (Å²) in [5, 5.41) is 2.86. The largest absolute Gasteiger partial charge is 0.356 e. The number of nitrogens with one attached hydrogen (secondary N) is 1. The Morgan fingerprint density at radius 3 is 2.37 bits per heavy atom. The minimum atomic E-state index is -0.279. The number of hydrogen-bond acceptors (Lipinski definition) is 3. The second-order valence-electron chi connectivity index (χ2n) is 5.80. The molecule has 108 valence electrons. The van der Waals surface area contributed by atoms with E-state index in [0.717, 1.165) is 32.1 Å². The standard InChI is InChI=1S/C14H25N3O2/c1-2-16-12(18)11-4-8-17(9-5-11)13(19)14(10-15)6-3-7-14/h11H,2-10,15H2,1H3,(H,16,18). The molecule has 2 fully saturated rings. The molecule has 2 rings (SSSR count). The Hall–Kier alpha value is -1.10. The lowest BCUT2D eigenvalue weighted by Gasteiger charge is -2.44. The zero-order valence-electron chi connectivity index (χ0n) is 11.8. The van der Waals surface area contributed by atoms with Gasteiger partial charge >= 0.3 is 0 Å². The minimum absolute atomic E-state index is 0.0687. The van der Waals surface area contributed by atoms with Crippen molar-refractivity contribution in [3.63, 3.8) is 0 Å². The van der Waals surface area contributed by atoms with Gasteiger partial charge in [0, 0.05) is 32.1 Å². The van der Waals surface area contributed by atoms with Crippen molar-refractivity contribution in [3.8, 4) is 0 Å². The molecule has 0 bridgehead atoms. The predicted octanol–water partition coefficient (Wildman–Crippen LogP) is 0.490. The second kappa shape index (κ2) is 5.90. The molecule has 0 aromatic rings. The topological polar surface area (TPSA) is 75.4 Å². The SMILES string of the molecule is CCNC(=O)C1CCN(C(=O)C2(CN)CCC2)CC1. The zero-order valence-corrected chi connectivity index (χ0v) is 11.8. The van der Waals surface area contributed by atoms with Gasteiger partial charge in [-0.3, -0.25) is 9.59 Å². The van der Waals surface area contributed by atoms with Gasteiger partial charge in [-0.05, 0) is 32.6 Å². The Kier molecular flexibility index (Phi) is 4.45. The van der Waals surface area contributed by atoms with Gasteiger partial charge in [-0.15, -0.1) is 0 Å². The fourth-order valence-electron chi connectivity index (χ4n) is 3.11. The molecule has 1 aliphatic carbocycles. The smallest absolute Gasteiger partial charge is 0.230 e. The number of nitrogens with zero attached hydrogens (tertiary/aromatic N) is 1. The lowest BCUT2D eigenvalue weighted by molar-refractivity contribution is -0.149. The van der Waals surface area contributed by atoms with Crippen LogP contribution in [0.25, 0.3) is 0 Å². The molecule has 0 atom stereocenters. The quantitative estimate of drug-likeness (QED) is 0.778. The number of amides is 2. The van der Waals surface area contributed by atoms with Crippen LogP contribution in [0.1, 0.15) is 39.0 Å². The molecule has 1 saturated carbocycles. The van der Waals surface area contributed by atoms with Crippen molar-refractivity contribution in [2.75, 3.05) is 26.2 Å². The van der Waals surface area contributed by atoms with Crippen molar-refractivity contribution in [1.82, 2.24) is 10.2 Å². The van der Waals surface area contributed by atoms with E-state index in [0.29, 0.717) is 26.2 Å². The summed E-state index contributed by atoms with van der Waals surface area (Å²) in [4.78, 5) is 26.2. The Labute approximate surface area is 114 Å². The monoisotopic (exact) mass is 267 g/mol. The highest BCUT2D eigenvalue weighted by Crippen LogP contribution is 2.42. The molecule has 0 aromatic heterocycles. The lowest BCUT2D eigenvalue weighted by atomic mass is 9.67. The maximum Gasteiger partial charge on any atom is 0.230 e. The Bertz CT molecular complexity index is 339. The molecule has 2 amide bonds. The van der Waals surface area contributed by atoms with Gasteiger partial charge in [0.25, 0.3) is 0 Å². The van der Waals surface area contributed by atoms with Crippen LogP contribution in [0.15, 0.2) is 0 Å². The molecule has 0 spiro atoms. The first-order valence-electron chi connectivity index (χ1n) is 7.40. The summed E-state index contributed by atoms with van der Waals surface area (Å²) in [5.74, 6) is 0.418. The van der Waals surface area contributed by atoms with Crippen LogP contribution in [0.4, 0.5) is 0 Å². The summed E-state index contributed by atoms with van der Waals surface area (Å²) >= 11 is 0. The van der Waals surface area contributed by atoms with E-state index in [-0.39, 0.29) is 23.1 Å². The van der Waals surface area contributed by atoms with Gasteiger partial charge in [0.1, 0.15) is 0 Å². The molecular formula is C14H25N3O2. The Balaban J connectivity index is 1.86. The van der Waals surface area contributed by atoms with E-state index in [1.54, 1.807) is 0 Å². The van der Waals surface area contributed by atoms with Gasteiger partial charge in [0.05, 0.1) is 5.41 Å². The number of piperidine rings is 1. The predicted molar refractivity (Wildman–Crippen MR) is 73.3 cm³/mol. The Morgan fingerprint density at radius 2 is 1.95 bits per heavy atom. The minimum Gasteiger partial charge on any atom is -0.356 e. The van der Waals surface area contributed by atoms with Crippen molar-refractivity contribution in [1.29, 1.82) is 0 Å². The highest BCUT2D eigenvalue weighted by Gasteiger charge is 2.45. The first kappa shape index (κ1) is 14.3. The maximum atomic E-state index is 12.5. The molecule has 0 unspecified atom stereocenters. The number of carbonyl (C=O) groups excluding carboxylic acids is 2. The first-order chi connectivity index (χ1) is 9.13. The Morgan fingerprint density at radius 1 is 1.32 bits per heavy atom. The molecule has 2 aliphatic rings. The number of nitrogens with two attached hydrogens (primary N) is 1.